The van der Waals surface area contributed by atoms with Gasteiger partial charge in [0.2, 0.25) is 0 Å². The highest BCUT2D eigenvalue weighted by molar-refractivity contribution is 5.95. The van der Waals surface area contributed by atoms with Crippen molar-refractivity contribution in [3.63, 3.8) is 0 Å². The first-order valence-electron chi connectivity index (χ1n) is 5.64. The number of halogens is 1. The van der Waals surface area contributed by atoms with Gasteiger partial charge in [-0.25, -0.2) is 4.39 Å². The van der Waals surface area contributed by atoms with Gasteiger partial charge >= 0.3 is 0 Å². The summed E-state index contributed by atoms with van der Waals surface area (Å²) in [4.78, 5) is 11.9. The molecular weight excluding hydrogens is 231 g/mol. The van der Waals surface area contributed by atoms with Gasteiger partial charge in [-0.05, 0) is 39.0 Å². The Balaban J connectivity index is 3.04. The minimum Gasteiger partial charge on any atom is -0.347 e. The van der Waals surface area contributed by atoms with Gasteiger partial charge in [-0.2, -0.15) is 0 Å². The zero-order valence-corrected chi connectivity index (χ0v) is 10.8. The lowest BCUT2D eigenvalue weighted by Crippen LogP contribution is -2.40. The highest BCUT2D eigenvalue weighted by Gasteiger charge is 2.18. The van der Waals surface area contributed by atoms with E-state index in [9.17, 15) is 9.18 Å². The standard InChI is InChI=1S/C14H17FN2O/c1-14(2,3)17-13(18)11-9-10(5-4-8-16)6-7-12(11)15/h6-7,9H,8,16H2,1-3H3,(H,17,18). The topological polar surface area (TPSA) is 55.1 Å². The molecular formula is C14H17FN2O. The molecule has 0 saturated heterocycles. The average molecular weight is 248 g/mol. The summed E-state index contributed by atoms with van der Waals surface area (Å²) in [7, 11) is 0. The third-order valence-electron chi connectivity index (χ3n) is 2.03. The summed E-state index contributed by atoms with van der Waals surface area (Å²) in [6.45, 7) is 5.73. The number of benzene rings is 1. The first-order chi connectivity index (χ1) is 8.33. The van der Waals surface area contributed by atoms with Crippen LogP contribution in [0, 0.1) is 17.7 Å². The number of nitrogens with two attached hydrogens (primary N) is 1. The summed E-state index contributed by atoms with van der Waals surface area (Å²) in [6.07, 6.45) is 0. The zero-order valence-electron chi connectivity index (χ0n) is 10.8. The third kappa shape index (κ3) is 4.19. The van der Waals surface area contributed by atoms with E-state index in [2.05, 4.69) is 17.2 Å². The monoisotopic (exact) mass is 248 g/mol. The van der Waals surface area contributed by atoms with Gasteiger partial charge in [0.1, 0.15) is 5.82 Å². The molecule has 3 nitrogen and oxygen atoms in total. The fourth-order valence-electron chi connectivity index (χ4n) is 1.34. The number of hydrogen-bond acceptors (Lipinski definition) is 2. The second-order valence-electron chi connectivity index (χ2n) is 4.90. The maximum Gasteiger partial charge on any atom is 0.254 e. The molecule has 1 aromatic rings. The summed E-state index contributed by atoms with van der Waals surface area (Å²) in [5.74, 6) is 4.42. The molecule has 0 radical (unpaired) electrons. The Morgan fingerprint density at radius 2 is 2.11 bits per heavy atom. The SMILES string of the molecule is CC(C)(C)NC(=O)c1cc(C#CCN)ccc1F. The van der Waals surface area contributed by atoms with E-state index in [-0.39, 0.29) is 12.1 Å². The van der Waals surface area contributed by atoms with Crippen LogP contribution in [0.25, 0.3) is 0 Å². The zero-order chi connectivity index (χ0) is 13.8. The van der Waals surface area contributed by atoms with Crippen LogP contribution in [0.1, 0.15) is 36.7 Å². The first-order valence-corrected chi connectivity index (χ1v) is 5.64. The van der Waals surface area contributed by atoms with Gasteiger partial charge in [-0.3, -0.25) is 4.79 Å². The number of amides is 1. The smallest absolute Gasteiger partial charge is 0.254 e. The second kappa shape index (κ2) is 5.65. The maximum absolute atomic E-state index is 13.6. The molecule has 0 fully saturated rings. The molecule has 0 bridgehead atoms. The van der Waals surface area contributed by atoms with Crippen LogP contribution in [0.2, 0.25) is 0 Å². The van der Waals surface area contributed by atoms with E-state index in [0.29, 0.717) is 5.56 Å². The molecule has 0 unspecified atom stereocenters. The van der Waals surface area contributed by atoms with Gasteiger partial charge in [0.25, 0.3) is 5.91 Å². The van der Waals surface area contributed by atoms with Crippen molar-refractivity contribution in [1.82, 2.24) is 5.32 Å². The van der Waals surface area contributed by atoms with Crippen LogP contribution in [0.5, 0.6) is 0 Å². The molecule has 0 aromatic heterocycles. The van der Waals surface area contributed by atoms with Gasteiger partial charge < -0.3 is 11.1 Å². The molecule has 18 heavy (non-hydrogen) atoms. The quantitative estimate of drug-likeness (QED) is 0.743. The van der Waals surface area contributed by atoms with Crippen LogP contribution < -0.4 is 11.1 Å². The summed E-state index contributed by atoms with van der Waals surface area (Å²) in [6, 6.07) is 4.18. The van der Waals surface area contributed by atoms with E-state index in [4.69, 9.17) is 5.73 Å². The predicted molar refractivity (Wildman–Crippen MR) is 69.6 cm³/mol. The Kier molecular flexibility index (Phi) is 4.46. The van der Waals surface area contributed by atoms with Gasteiger partial charge in [-0.1, -0.05) is 11.8 Å². The lowest BCUT2D eigenvalue weighted by molar-refractivity contribution is 0.0915. The third-order valence-corrected chi connectivity index (χ3v) is 2.03. The molecule has 3 N–H and O–H groups in total. The molecule has 1 rings (SSSR count). The van der Waals surface area contributed by atoms with Crippen molar-refractivity contribution in [2.75, 3.05) is 6.54 Å². The van der Waals surface area contributed by atoms with Crippen LogP contribution >= 0.6 is 0 Å². The molecule has 96 valence electrons. The van der Waals surface area contributed by atoms with Crippen LogP contribution in [-0.2, 0) is 0 Å². The van der Waals surface area contributed by atoms with Gasteiger partial charge in [0.05, 0.1) is 12.1 Å². The van der Waals surface area contributed by atoms with Gasteiger partial charge in [0.15, 0.2) is 0 Å². The van der Waals surface area contributed by atoms with Crippen molar-refractivity contribution < 1.29 is 9.18 Å². The summed E-state index contributed by atoms with van der Waals surface area (Å²) < 4.78 is 13.6. The Hall–Kier alpha value is -1.86. The van der Waals surface area contributed by atoms with Crippen molar-refractivity contribution in [2.24, 2.45) is 5.73 Å². The fraction of sp³-hybridized carbons (Fsp3) is 0.357. The van der Waals surface area contributed by atoms with Crippen LogP contribution in [0.4, 0.5) is 4.39 Å². The van der Waals surface area contributed by atoms with Crippen molar-refractivity contribution in [3.05, 3.63) is 35.1 Å². The molecule has 0 aliphatic rings. The Morgan fingerprint density at radius 3 is 2.67 bits per heavy atom. The van der Waals surface area contributed by atoms with Crippen molar-refractivity contribution in [1.29, 1.82) is 0 Å². The van der Waals surface area contributed by atoms with Gasteiger partial charge in [-0.15, -0.1) is 0 Å². The fourth-order valence-corrected chi connectivity index (χ4v) is 1.34. The van der Waals surface area contributed by atoms with Crippen molar-refractivity contribution >= 4 is 5.91 Å². The summed E-state index contributed by atoms with van der Waals surface area (Å²) in [5.41, 5.74) is 5.41. The number of carbonyl (C=O) groups excluding carboxylic acids is 1. The van der Waals surface area contributed by atoms with E-state index >= 15 is 0 Å². The molecule has 0 saturated carbocycles. The van der Waals surface area contributed by atoms with Crippen LogP contribution in [0.15, 0.2) is 18.2 Å². The Bertz CT molecular complexity index is 507. The van der Waals surface area contributed by atoms with E-state index in [1.54, 1.807) is 0 Å². The predicted octanol–water partition coefficient (Wildman–Crippen LogP) is 1.66. The number of carbonyl (C=O) groups is 1. The van der Waals surface area contributed by atoms with Gasteiger partial charge in [0, 0.05) is 11.1 Å². The Morgan fingerprint density at radius 1 is 1.44 bits per heavy atom. The van der Waals surface area contributed by atoms with E-state index in [1.165, 1.54) is 18.2 Å². The van der Waals surface area contributed by atoms with Crippen LogP contribution in [0.3, 0.4) is 0 Å². The number of hydrogen-bond donors (Lipinski definition) is 2. The highest BCUT2D eigenvalue weighted by Crippen LogP contribution is 2.11. The minimum absolute atomic E-state index is 0.00579. The molecule has 1 amide bonds. The first kappa shape index (κ1) is 14.2. The molecule has 1 aromatic carbocycles. The van der Waals surface area contributed by atoms with Crippen molar-refractivity contribution in [3.8, 4) is 11.8 Å². The largest absolute Gasteiger partial charge is 0.347 e. The summed E-state index contributed by atoms with van der Waals surface area (Å²) in [5, 5.41) is 2.71. The number of rotatable bonds is 1. The number of nitrogens with one attached hydrogen (secondary N) is 1. The summed E-state index contributed by atoms with van der Waals surface area (Å²) >= 11 is 0. The lowest BCUT2D eigenvalue weighted by Gasteiger charge is -2.20. The molecule has 0 aliphatic heterocycles. The molecule has 0 spiro atoms. The lowest BCUT2D eigenvalue weighted by atomic mass is 10.1. The molecule has 0 aliphatic carbocycles. The van der Waals surface area contributed by atoms with E-state index in [1.807, 2.05) is 20.8 Å². The molecule has 4 heteroatoms. The maximum atomic E-state index is 13.6. The van der Waals surface area contributed by atoms with E-state index in [0.717, 1.165) is 0 Å². The second-order valence-corrected chi connectivity index (χ2v) is 4.90. The Labute approximate surface area is 107 Å². The van der Waals surface area contributed by atoms with E-state index < -0.39 is 17.3 Å². The highest BCUT2D eigenvalue weighted by atomic mass is 19.1. The van der Waals surface area contributed by atoms with Crippen LogP contribution in [-0.4, -0.2) is 18.0 Å². The molecule has 0 atom stereocenters. The average Bonchev–Trinajstić information content (AvgIpc) is 2.25. The molecule has 0 heterocycles. The minimum atomic E-state index is -0.560. The normalized spacial score (nSPS) is 10.5. The van der Waals surface area contributed by atoms with Crippen molar-refractivity contribution in [2.45, 2.75) is 26.3 Å².